The van der Waals surface area contributed by atoms with Crippen molar-refractivity contribution < 1.29 is 37.3 Å². The van der Waals surface area contributed by atoms with Crippen LogP contribution in [0.1, 0.15) is 72.0 Å². The Kier molecular flexibility index (Phi) is 7.41. The highest BCUT2D eigenvalue weighted by Gasteiger charge is 2.34. The number of hydrogen-bond acceptors (Lipinski definition) is 6. The zero-order chi connectivity index (χ0) is 29.5. The fourth-order valence-corrected chi connectivity index (χ4v) is 6.24. The number of benzene rings is 3. The maximum absolute atomic E-state index is 14.6. The number of amides is 1. The number of hydrogen-bond donors (Lipinski definition) is 4. The largest absolute Gasteiger partial charge is 0.504 e. The molecule has 0 atom stereocenters. The number of carbonyl (C=O) groups is 2. The van der Waals surface area contributed by atoms with Crippen LogP contribution in [-0.2, 0) is 21.2 Å². The number of carboxylic acid groups (broad SMARTS) is 1. The van der Waals surface area contributed by atoms with E-state index in [9.17, 15) is 27.5 Å². The van der Waals surface area contributed by atoms with Crippen molar-refractivity contribution in [2.45, 2.75) is 68.7 Å². The molecule has 0 saturated heterocycles. The molecule has 3 aromatic rings. The number of phenols is 1. The summed E-state index contributed by atoms with van der Waals surface area (Å²) in [6.45, 7) is 3.65. The first-order valence-electron chi connectivity index (χ1n) is 13.3. The van der Waals surface area contributed by atoms with Crippen LogP contribution in [0, 0.1) is 12.7 Å². The number of carboxylic acids is 1. The Morgan fingerprint density at radius 3 is 2.41 bits per heavy atom. The van der Waals surface area contributed by atoms with Crippen LogP contribution in [0.5, 0.6) is 17.2 Å². The minimum absolute atomic E-state index is 0.0524. The summed E-state index contributed by atoms with van der Waals surface area (Å²) in [5.74, 6) is -3.15. The number of anilines is 1. The van der Waals surface area contributed by atoms with Crippen molar-refractivity contribution in [1.29, 1.82) is 0 Å². The molecule has 0 aromatic heterocycles. The maximum atomic E-state index is 14.6. The number of rotatable bonds is 10. The highest BCUT2D eigenvalue weighted by Crippen LogP contribution is 2.42. The van der Waals surface area contributed by atoms with Crippen LogP contribution in [0.15, 0.2) is 53.4 Å². The van der Waals surface area contributed by atoms with E-state index in [1.807, 2.05) is 13.0 Å². The van der Waals surface area contributed by atoms with Crippen LogP contribution in [-0.4, -0.2) is 36.0 Å². The molecule has 1 amide bonds. The summed E-state index contributed by atoms with van der Waals surface area (Å²) in [6.07, 6.45) is 4.16. The SMILES string of the molecule is Cc1cc(C2CC2)ccc1S(=O)(=O)Nc1cc(C(=O)NC2(C)CCC2)ccc1Oc1cc(F)c(CC(=O)O)cc1O. The van der Waals surface area contributed by atoms with Crippen LogP contribution < -0.4 is 14.8 Å². The molecule has 2 saturated carbocycles. The molecule has 0 heterocycles. The summed E-state index contributed by atoms with van der Waals surface area (Å²) in [4.78, 5) is 24.1. The molecule has 2 aliphatic rings. The third-order valence-corrected chi connectivity index (χ3v) is 9.11. The average molecular weight is 583 g/mol. The lowest BCUT2D eigenvalue weighted by Gasteiger charge is -2.39. The van der Waals surface area contributed by atoms with Crippen LogP contribution >= 0.6 is 0 Å². The highest BCUT2D eigenvalue weighted by molar-refractivity contribution is 7.92. The molecule has 2 fully saturated rings. The van der Waals surface area contributed by atoms with Crippen molar-refractivity contribution in [3.63, 3.8) is 0 Å². The third kappa shape index (κ3) is 6.30. The lowest BCUT2D eigenvalue weighted by atomic mass is 9.78. The lowest BCUT2D eigenvalue weighted by Crippen LogP contribution is -2.50. The number of carbonyl (C=O) groups excluding carboxylic acids is 1. The molecule has 0 radical (unpaired) electrons. The summed E-state index contributed by atoms with van der Waals surface area (Å²) in [6, 6.07) is 11.1. The molecular formula is C30H31FN2O7S. The monoisotopic (exact) mass is 582 g/mol. The van der Waals surface area contributed by atoms with Crippen molar-refractivity contribution in [3.05, 3.63) is 76.6 Å². The van der Waals surface area contributed by atoms with E-state index >= 15 is 0 Å². The molecule has 216 valence electrons. The second-order valence-corrected chi connectivity index (χ2v) is 12.7. The van der Waals surface area contributed by atoms with Crippen LogP contribution in [0.2, 0.25) is 0 Å². The summed E-state index contributed by atoms with van der Waals surface area (Å²) >= 11 is 0. The van der Waals surface area contributed by atoms with E-state index in [1.165, 1.54) is 18.2 Å². The van der Waals surface area contributed by atoms with E-state index < -0.39 is 39.9 Å². The Morgan fingerprint density at radius 1 is 1.07 bits per heavy atom. The van der Waals surface area contributed by atoms with Gasteiger partial charge in [-0.2, -0.15) is 0 Å². The lowest BCUT2D eigenvalue weighted by molar-refractivity contribution is -0.136. The van der Waals surface area contributed by atoms with Crippen molar-refractivity contribution in [2.24, 2.45) is 0 Å². The number of phenolic OH excluding ortho intramolecular Hbond substituents is 1. The quantitative estimate of drug-likeness (QED) is 0.243. The third-order valence-electron chi connectivity index (χ3n) is 7.59. The molecule has 0 unspecified atom stereocenters. The van der Waals surface area contributed by atoms with Gasteiger partial charge in [-0.3, -0.25) is 14.3 Å². The predicted octanol–water partition coefficient (Wildman–Crippen LogP) is 5.61. The van der Waals surface area contributed by atoms with E-state index in [2.05, 4.69) is 10.0 Å². The minimum atomic E-state index is -4.15. The molecule has 0 spiro atoms. The van der Waals surface area contributed by atoms with Crippen LogP contribution in [0.25, 0.3) is 0 Å². The summed E-state index contributed by atoms with van der Waals surface area (Å²) < 4.78 is 49.8. The fourth-order valence-electron chi connectivity index (χ4n) is 4.95. The van der Waals surface area contributed by atoms with Gasteiger partial charge in [0.25, 0.3) is 15.9 Å². The van der Waals surface area contributed by atoms with Gasteiger partial charge in [0.2, 0.25) is 0 Å². The molecule has 5 rings (SSSR count). The second-order valence-electron chi connectivity index (χ2n) is 11.1. The fraction of sp³-hybridized carbons (Fsp3) is 0.333. The van der Waals surface area contributed by atoms with Gasteiger partial charge >= 0.3 is 5.97 Å². The average Bonchev–Trinajstić information content (AvgIpc) is 3.72. The van der Waals surface area contributed by atoms with Gasteiger partial charge in [0.05, 0.1) is 17.0 Å². The first kappa shape index (κ1) is 28.4. The zero-order valence-corrected chi connectivity index (χ0v) is 23.5. The van der Waals surface area contributed by atoms with Gasteiger partial charge in [-0.05, 0) is 93.3 Å². The van der Waals surface area contributed by atoms with E-state index in [0.29, 0.717) is 11.5 Å². The normalized spacial score (nSPS) is 16.0. The van der Waals surface area contributed by atoms with Crippen molar-refractivity contribution in [3.8, 4) is 17.2 Å². The van der Waals surface area contributed by atoms with Crippen molar-refractivity contribution >= 4 is 27.6 Å². The van der Waals surface area contributed by atoms with Gasteiger partial charge in [-0.1, -0.05) is 12.1 Å². The van der Waals surface area contributed by atoms with Gasteiger partial charge in [0.1, 0.15) is 5.82 Å². The van der Waals surface area contributed by atoms with E-state index in [4.69, 9.17) is 9.84 Å². The zero-order valence-electron chi connectivity index (χ0n) is 22.7. The molecule has 9 nitrogen and oxygen atoms in total. The number of halogens is 1. The molecule has 3 aromatic carbocycles. The molecule has 0 aliphatic heterocycles. The molecule has 11 heteroatoms. The Labute approximate surface area is 237 Å². The van der Waals surface area contributed by atoms with E-state index in [1.54, 1.807) is 19.1 Å². The molecule has 41 heavy (non-hydrogen) atoms. The predicted molar refractivity (Wildman–Crippen MR) is 150 cm³/mol. The molecular weight excluding hydrogens is 551 g/mol. The first-order valence-corrected chi connectivity index (χ1v) is 14.8. The summed E-state index contributed by atoms with van der Waals surface area (Å²) in [7, 11) is -4.15. The van der Waals surface area contributed by atoms with Gasteiger partial charge in [0, 0.05) is 22.7 Å². The minimum Gasteiger partial charge on any atom is -0.504 e. The van der Waals surface area contributed by atoms with Gasteiger partial charge in [-0.25, -0.2) is 12.8 Å². The summed E-state index contributed by atoms with van der Waals surface area (Å²) in [5.41, 5.74) is 1.13. The molecule has 4 N–H and O–H groups in total. The van der Waals surface area contributed by atoms with Gasteiger partial charge in [-0.15, -0.1) is 0 Å². The number of nitrogens with one attached hydrogen (secondary N) is 2. The number of aryl methyl sites for hydroxylation is 1. The topological polar surface area (TPSA) is 142 Å². The van der Waals surface area contributed by atoms with E-state index in [0.717, 1.165) is 49.8 Å². The van der Waals surface area contributed by atoms with Gasteiger partial charge < -0.3 is 20.3 Å². The Balaban J connectivity index is 1.49. The number of ether oxygens (including phenoxy) is 1. The maximum Gasteiger partial charge on any atom is 0.307 e. The number of aromatic hydroxyl groups is 1. The molecule has 0 bridgehead atoms. The Morgan fingerprint density at radius 2 is 1.80 bits per heavy atom. The van der Waals surface area contributed by atoms with E-state index in [-0.39, 0.29) is 38.7 Å². The highest BCUT2D eigenvalue weighted by atomic mass is 32.2. The summed E-state index contributed by atoms with van der Waals surface area (Å²) in [5, 5.41) is 22.4. The van der Waals surface area contributed by atoms with Gasteiger partial charge in [0.15, 0.2) is 17.2 Å². The number of sulfonamides is 1. The Bertz CT molecular complexity index is 1650. The standard InChI is InChI=1S/C30H31FN2O7S/c1-17-12-19(18-4-5-18)7-9-27(17)41(38,39)33-23-13-20(29(37)32-30(2)10-3-11-30)6-8-25(23)40-26-16-22(31)21(14-24(26)34)15-28(35)36/h6-9,12-14,16,18,33-34H,3-5,10-11,15H2,1-2H3,(H,32,37)(H,35,36). The van der Waals surface area contributed by atoms with Crippen LogP contribution in [0.3, 0.4) is 0 Å². The van der Waals surface area contributed by atoms with Crippen LogP contribution in [0.4, 0.5) is 10.1 Å². The Hall–Kier alpha value is -4.12. The number of aliphatic carboxylic acids is 1. The smallest absolute Gasteiger partial charge is 0.307 e. The van der Waals surface area contributed by atoms with Crippen molar-refractivity contribution in [2.75, 3.05) is 4.72 Å². The van der Waals surface area contributed by atoms with Crippen molar-refractivity contribution in [1.82, 2.24) is 5.32 Å². The second kappa shape index (κ2) is 10.7. The first-order chi connectivity index (χ1) is 19.3. The molecule has 2 aliphatic carbocycles.